The molecule has 5 aromatic carbocycles. The maximum absolute atomic E-state index is 12.3. The molecule has 5 aromatic rings. The molecular weight excluding hydrogens is 633 g/mol. The molecule has 5 rings (SSSR count). The van der Waals surface area contributed by atoms with E-state index in [9.17, 15) is 44.0 Å². The summed E-state index contributed by atoms with van der Waals surface area (Å²) in [7, 11) is -14.4. The fraction of sp³-hybridized carbons (Fsp3) is 0. The summed E-state index contributed by atoms with van der Waals surface area (Å²) in [5, 5.41) is 21.7. The zero-order valence-electron chi connectivity index (χ0n) is 22.9. The Kier molecular flexibility index (Phi) is 8.99. The first kappa shape index (κ1) is 32.5. The normalized spacial score (nSPS) is 12.4. The van der Waals surface area contributed by atoms with Crippen LogP contribution in [0.4, 0.5) is 22.7 Å². The second-order valence-electron chi connectivity index (χ2n) is 8.91. The van der Waals surface area contributed by atoms with E-state index in [4.69, 9.17) is 0 Å². The first-order valence-electron chi connectivity index (χ1n) is 11.7. The van der Waals surface area contributed by atoms with Crippen molar-refractivity contribution in [2.45, 2.75) is 14.7 Å². The average Bonchev–Trinajstić information content (AvgIpc) is 2.90. The molecule has 17 heteroatoms. The third-order valence-electron chi connectivity index (χ3n) is 6.13. The van der Waals surface area contributed by atoms with Gasteiger partial charge in [0.1, 0.15) is 10.6 Å². The first-order valence-corrected chi connectivity index (χ1v) is 16.0. The van der Waals surface area contributed by atoms with Gasteiger partial charge >= 0.3 is 29.6 Å². The standard InChI is InChI=1S/C26H19N3O10S3.Na.H/c30-23-14-18(41(34,35)36)12-15-11-17(40(31,32)33)13-22(25(15)23)29-28-20-9-10-21(27-16-5-2-1-3-6-16)26-19(20)7-4-8-24(26)42(37,38)39;;/h1-14,27,30H,(H,31,32,33)(H,34,35,36)(H,37,38,39);;/q;+1;-1. The van der Waals surface area contributed by atoms with E-state index in [0.717, 1.165) is 24.3 Å². The van der Waals surface area contributed by atoms with E-state index in [1.165, 1.54) is 30.3 Å². The summed E-state index contributed by atoms with van der Waals surface area (Å²) in [6.45, 7) is 0. The number of hydrogen-bond donors (Lipinski definition) is 5. The van der Waals surface area contributed by atoms with Crippen molar-refractivity contribution in [2.75, 3.05) is 5.32 Å². The van der Waals surface area contributed by atoms with Crippen LogP contribution in [-0.2, 0) is 30.4 Å². The molecule has 0 bridgehead atoms. The van der Waals surface area contributed by atoms with Crippen LogP contribution in [0.2, 0.25) is 0 Å². The molecule has 218 valence electrons. The van der Waals surface area contributed by atoms with E-state index in [0.29, 0.717) is 11.4 Å². The van der Waals surface area contributed by atoms with Crippen LogP contribution in [0.15, 0.2) is 110 Å². The maximum Gasteiger partial charge on any atom is 1.00 e. The van der Waals surface area contributed by atoms with Crippen molar-refractivity contribution in [3.8, 4) is 5.75 Å². The number of nitrogens with one attached hydrogen (secondary N) is 1. The van der Waals surface area contributed by atoms with Gasteiger partial charge in [-0.3, -0.25) is 13.7 Å². The molecule has 5 N–H and O–H groups in total. The van der Waals surface area contributed by atoms with Gasteiger partial charge in [-0.05, 0) is 53.9 Å². The van der Waals surface area contributed by atoms with Gasteiger partial charge in [-0.25, -0.2) is 0 Å². The largest absolute Gasteiger partial charge is 1.00 e. The number of phenolic OH excluding ortho intramolecular Hbond substituents is 1. The van der Waals surface area contributed by atoms with E-state index < -0.39 is 50.8 Å². The Morgan fingerprint density at radius 1 is 0.628 bits per heavy atom. The third kappa shape index (κ3) is 6.87. The molecule has 0 spiro atoms. The molecule has 13 nitrogen and oxygen atoms in total. The van der Waals surface area contributed by atoms with E-state index in [1.807, 2.05) is 0 Å². The van der Waals surface area contributed by atoms with Crippen molar-refractivity contribution in [1.29, 1.82) is 0 Å². The van der Waals surface area contributed by atoms with Crippen LogP contribution < -0.4 is 34.9 Å². The Morgan fingerprint density at radius 2 is 1.23 bits per heavy atom. The number of azo groups is 1. The van der Waals surface area contributed by atoms with Crippen LogP contribution in [0.5, 0.6) is 5.75 Å². The Hall–Kier alpha value is -3.45. The van der Waals surface area contributed by atoms with Crippen molar-refractivity contribution >= 4 is 74.6 Å². The molecule has 0 aliphatic carbocycles. The second-order valence-corrected chi connectivity index (χ2v) is 13.1. The molecule has 0 saturated heterocycles. The summed E-state index contributed by atoms with van der Waals surface area (Å²) < 4.78 is 101. The van der Waals surface area contributed by atoms with Crippen LogP contribution in [-0.4, -0.2) is 44.0 Å². The average molecular weight is 654 g/mol. The zero-order valence-corrected chi connectivity index (χ0v) is 26.4. The minimum absolute atomic E-state index is 0. The number of rotatable bonds is 7. The van der Waals surface area contributed by atoms with Crippen LogP contribution in [0, 0.1) is 0 Å². The molecule has 0 aromatic heterocycles. The van der Waals surface area contributed by atoms with E-state index >= 15 is 0 Å². The van der Waals surface area contributed by atoms with Gasteiger partial charge in [-0.2, -0.15) is 25.3 Å². The molecule has 0 heterocycles. The van der Waals surface area contributed by atoms with E-state index in [-0.39, 0.29) is 63.9 Å². The van der Waals surface area contributed by atoms with Crippen molar-refractivity contribution < 1.29 is 75.0 Å². The Bertz CT molecular complexity index is 2260. The first-order chi connectivity index (χ1) is 19.6. The van der Waals surface area contributed by atoms with Gasteiger partial charge in [0.2, 0.25) is 0 Å². The van der Waals surface area contributed by atoms with Crippen LogP contribution >= 0.6 is 0 Å². The van der Waals surface area contributed by atoms with Crippen molar-refractivity contribution in [3.63, 3.8) is 0 Å². The molecular formula is C26H20N3NaO10S3. The summed E-state index contributed by atoms with van der Waals surface area (Å²) in [6, 6.07) is 19.2. The van der Waals surface area contributed by atoms with Crippen molar-refractivity contribution in [3.05, 3.63) is 84.9 Å². The van der Waals surface area contributed by atoms with Crippen molar-refractivity contribution in [1.82, 2.24) is 0 Å². The smallest absolute Gasteiger partial charge is 1.00 e. The minimum atomic E-state index is -4.85. The molecule has 0 radical (unpaired) electrons. The van der Waals surface area contributed by atoms with Gasteiger partial charge in [0.15, 0.2) is 0 Å². The van der Waals surface area contributed by atoms with Gasteiger partial charge in [-0.1, -0.05) is 30.3 Å². The van der Waals surface area contributed by atoms with Crippen LogP contribution in [0.25, 0.3) is 21.5 Å². The molecule has 0 unspecified atom stereocenters. The monoisotopic (exact) mass is 653 g/mol. The molecule has 0 atom stereocenters. The fourth-order valence-corrected chi connectivity index (χ4v) is 6.14. The summed E-state index contributed by atoms with van der Waals surface area (Å²) in [4.78, 5) is -1.88. The number of anilines is 2. The predicted octanol–water partition coefficient (Wildman–Crippen LogP) is 2.71. The summed E-state index contributed by atoms with van der Waals surface area (Å²) in [5.41, 5.74) is 0.669. The maximum atomic E-state index is 12.3. The van der Waals surface area contributed by atoms with Gasteiger partial charge in [0, 0.05) is 28.2 Å². The Labute approximate surface area is 268 Å². The number of phenols is 1. The molecule has 0 saturated carbocycles. The summed E-state index contributed by atoms with van der Waals surface area (Å²) in [5.74, 6) is -0.697. The Morgan fingerprint density at radius 3 is 1.84 bits per heavy atom. The predicted molar refractivity (Wildman–Crippen MR) is 154 cm³/mol. The number of benzene rings is 5. The number of nitrogens with zero attached hydrogens (tertiary/aromatic N) is 2. The SMILES string of the molecule is O=S(=O)(O)c1cc(O)c2c(N=Nc3ccc(Nc4ccccc4)c4c(S(=O)(=O)O)cccc34)cc(S(=O)(=O)O)cc2c1.[H-].[Na+]. The molecule has 0 aliphatic rings. The van der Waals surface area contributed by atoms with E-state index in [1.54, 1.807) is 30.3 Å². The van der Waals surface area contributed by atoms with Gasteiger partial charge in [0.25, 0.3) is 30.4 Å². The van der Waals surface area contributed by atoms with E-state index in [2.05, 4.69) is 15.5 Å². The Balaban J connectivity index is 0.00000264. The molecule has 43 heavy (non-hydrogen) atoms. The van der Waals surface area contributed by atoms with Gasteiger partial charge in [-0.15, -0.1) is 10.2 Å². The summed E-state index contributed by atoms with van der Waals surface area (Å²) in [6.07, 6.45) is 0. The number of fused-ring (bicyclic) bond motifs is 2. The quantitative estimate of drug-likeness (QED) is 0.0976. The third-order valence-corrected chi connectivity index (χ3v) is 8.68. The number of aromatic hydroxyl groups is 1. The van der Waals surface area contributed by atoms with Crippen LogP contribution in [0.3, 0.4) is 0 Å². The topological polar surface area (TPSA) is 220 Å². The zero-order chi connectivity index (χ0) is 30.4. The van der Waals surface area contributed by atoms with Gasteiger partial charge < -0.3 is 11.8 Å². The van der Waals surface area contributed by atoms with Crippen molar-refractivity contribution in [2.24, 2.45) is 10.2 Å². The second kappa shape index (κ2) is 11.9. The summed E-state index contributed by atoms with van der Waals surface area (Å²) >= 11 is 0. The van der Waals surface area contributed by atoms with Crippen LogP contribution in [0.1, 0.15) is 1.43 Å². The fourth-order valence-electron chi connectivity index (χ4n) is 4.34. The molecule has 0 amide bonds. The van der Waals surface area contributed by atoms with Gasteiger partial charge in [0.05, 0.1) is 26.6 Å². The molecule has 0 fully saturated rings. The number of hydrogen-bond acceptors (Lipinski definition) is 10. The molecule has 0 aliphatic heterocycles. The minimum Gasteiger partial charge on any atom is -1.00 e. The number of para-hydroxylation sites is 1.